The second-order valence-electron chi connectivity index (χ2n) is 7.87. The maximum absolute atomic E-state index is 12.6. The van der Waals surface area contributed by atoms with E-state index < -0.39 is 0 Å². The highest BCUT2D eigenvalue weighted by atomic mass is 35.5. The summed E-state index contributed by atoms with van der Waals surface area (Å²) in [5.41, 5.74) is 1.63. The van der Waals surface area contributed by atoms with Crippen molar-refractivity contribution in [3.8, 4) is 0 Å². The van der Waals surface area contributed by atoms with Crippen molar-refractivity contribution in [3.05, 3.63) is 58.7 Å². The summed E-state index contributed by atoms with van der Waals surface area (Å²) in [5.74, 6) is 1.09. The van der Waals surface area contributed by atoms with Gasteiger partial charge < -0.3 is 15.1 Å². The predicted octanol–water partition coefficient (Wildman–Crippen LogP) is 3.79. The summed E-state index contributed by atoms with van der Waals surface area (Å²) in [7, 11) is 0. The molecule has 0 spiro atoms. The van der Waals surface area contributed by atoms with Crippen LogP contribution in [0.2, 0.25) is 5.02 Å². The van der Waals surface area contributed by atoms with Gasteiger partial charge in [-0.3, -0.25) is 9.59 Å². The fourth-order valence-corrected chi connectivity index (χ4v) is 4.09. The number of hydrogen-bond acceptors (Lipinski definition) is 4. The van der Waals surface area contributed by atoms with E-state index in [0.29, 0.717) is 30.2 Å². The monoisotopic (exact) mass is 442 g/mol. The number of rotatable bonds is 8. The fraction of sp³-hybridized carbons (Fsp3) is 0.458. The lowest BCUT2D eigenvalue weighted by molar-refractivity contribution is -0.136. The zero-order chi connectivity index (χ0) is 22.2. The zero-order valence-corrected chi connectivity index (χ0v) is 19.1. The van der Waals surface area contributed by atoms with E-state index in [-0.39, 0.29) is 17.7 Å². The van der Waals surface area contributed by atoms with Gasteiger partial charge >= 0.3 is 0 Å². The first-order valence-corrected chi connectivity index (χ1v) is 11.4. The van der Waals surface area contributed by atoms with Gasteiger partial charge in [-0.05, 0) is 49.1 Å². The molecule has 1 aromatic carbocycles. The summed E-state index contributed by atoms with van der Waals surface area (Å²) in [4.78, 5) is 33.6. The minimum absolute atomic E-state index is 0.126. The molecule has 1 aromatic heterocycles. The lowest BCUT2D eigenvalue weighted by Crippen LogP contribution is -2.50. The second-order valence-corrected chi connectivity index (χ2v) is 8.30. The third-order valence-electron chi connectivity index (χ3n) is 5.85. The number of amides is 2. The molecule has 3 rings (SSSR count). The second kappa shape index (κ2) is 11.1. The molecule has 2 aromatic rings. The fourth-order valence-electron chi connectivity index (χ4n) is 3.87. The highest BCUT2D eigenvalue weighted by Gasteiger charge is 2.26. The van der Waals surface area contributed by atoms with E-state index in [9.17, 15) is 9.59 Å². The SMILES string of the molecule is CCC(CC)C(=O)N1CCN(c2ccc(C(=O)NCCc3cccc(Cl)c3)cn2)CC1. The Morgan fingerprint density at radius 3 is 2.45 bits per heavy atom. The zero-order valence-electron chi connectivity index (χ0n) is 18.3. The Labute approximate surface area is 189 Å². The molecular formula is C24H31ClN4O2. The average molecular weight is 443 g/mol. The van der Waals surface area contributed by atoms with Gasteiger partial charge in [0.05, 0.1) is 5.56 Å². The number of aromatic nitrogens is 1. The standard InChI is InChI=1S/C24H31ClN4O2/c1-3-19(4-2)24(31)29-14-12-28(13-15-29)22-9-8-20(17-27-22)23(30)26-11-10-18-6-5-7-21(25)16-18/h5-9,16-17,19H,3-4,10-15H2,1-2H3,(H,26,30). The molecule has 0 unspecified atom stereocenters. The van der Waals surface area contributed by atoms with Gasteiger partial charge in [-0.15, -0.1) is 0 Å². The number of hydrogen-bond donors (Lipinski definition) is 1. The molecule has 166 valence electrons. The maximum atomic E-state index is 12.6. The molecule has 6 nitrogen and oxygen atoms in total. The molecule has 7 heteroatoms. The largest absolute Gasteiger partial charge is 0.353 e. The summed E-state index contributed by atoms with van der Waals surface area (Å²) >= 11 is 5.99. The number of carbonyl (C=O) groups excluding carboxylic acids is 2. The molecule has 0 bridgehead atoms. The molecule has 1 saturated heterocycles. The number of pyridine rings is 1. The predicted molar refractivity (Wildman–Crippen MR) is 125 cm³/mol. The summed E-state index contributed by atoms with van der Waals surface area (Å²) in [5, 5.41) is 3.62. The molecule has 0 aliphatic carbocycles. The molecular weight excluding hydrogens is 412 g/mol. The molecule has 31 heavy (non-hydrogen) atoms. The van der Waals surface area contributed by atoms with Gasteiger partial charge in [0, 0.05) is 49.9 Å². The normalized spacial score (nSPS) is 14.1. The Balaban J connectivity index is 1.47. The van der Waals surface area contributed by atoms with Crippen molar-refractivity contribution in [1.29, 1.82) is 0 Å². The Morgan fingerprint density at radius 2 is 1.84 bits per heavy atom. The van der Waals surface area contributed by atoms with Crippen LogP contribution in [0.3, 0.4) is 0 Å². The van der Waals surface area contributed by atoms with Crippen LogP contribution in [-0.2, 0) is 11.2 Å². The van der Waals surface area contributed by atoms with E-state index in [4.69, 9.17) is 11.6 Å². The van der Waals surface area contributed by atoms with Crippen LogP contribution in [0.5, 0.6) is 0 Å². The third-order valence-corrected chi connectivity index (χ3v) is 6.08. The topological polar surface area (TPSA) is 65.5 Å². The van der Waals surface area contributed by atoms with Crippen molar-refractivity contribution in [2.24, 2.45) is 5.92 Å². The summed E-state index contributed by atoms with van der Waals surface area (Å²) in [6.07, 6.45) is 4.11. The Bertz CT molecular complexity index is 875. The molecule has 1 aliphatic rings. The molecule has 0 atom stereocenters. The van der Waals surface area contributed by atoms with Crippen molar-refractivity contribution in [2.45, 2.75) is 33.1 Å². The van der Waals surface area contributed by atoms with Gasteiger partial charge in [0.1, 0.15) is 5.82 Å². The molecule has 2 amide bonds. The van der Waals surface area contributed by atoms with Gasteiger partial charge in [-0.1, -0.05) is 37.6 Å². The molecule has 1 N–H and O–H groups in total. The summed E-state index contributed by atoms with van der Waals surface area (Å²) in [6, 6.07) is 11.3. The summed E-state index contributed by atoms with van der Waals surface area (Å²) < 4.78 is 0. The number of nitrogens with zero attached hydrogens (tertiary/aromatic N) is 3. The van der Waals surface area contributed by atoms with Crippen LogP contribution in [0.1, 0.15) is 42.6 Å². The van der Waals surface area contributed by atoms with Crippen molar-refractivity contribution < 1.29 is 9.59 Å². The highest BCUT2D eigenvalue weighted by molar-refractivity contribution is 6.30. The number of piperazine rings is 1. The van der Waals surface area contributed by atoms with Crippen LogP contribution in [-0.4, -0.2) is 54.4 Å². The van der Waals surface area contributed by atoms with E-state index in [1.54, 1.807) is 12.3 Å². The van der Waals surface area contributed by atoms with Crippen LogP contribution in [0.25, 0.3) is 0 Å². The van der Waals surface area contributed by atoms with Crippen LogP contribution >= 0.6 is 11.6 Å². The van der Waals surface area contributed by atoms with Crippen LogP contribution in [0.4, 0.5) is 5.82 Å². The number of halogens is 1. The van der Waals surface area contributed by atoms with Crippen molar-refractivity contribution in [3.63, 3.8) is 0 Å². The van der Waals surface area contributed by atoms with E-state index in [0.717, 1.165) is 43.7 Å². The minimum atomic E-state index is -0.137. The smallest absolute Gasteiger partial charge is 0.252 e. The Kier molecular flexibility index (Phi) is 8.29. The van der Waals surface area contributed by atoms with Crippen molar-refractivity contribution in [2.75, 3.05) is 37.6 Å². The van der Waals surface area contributed by atoms with E-state index in [1.165, 1.54) is 0 Å². The van der Waals surface area contributed by atoms with Gasteiger partial charge in [0.25, 0.3) is 5.91 Å². The van der Waals surface area contributed by atoms with Crippen LogP contribution in [0.15, 0.2) is 42.6 Å². The van der Waals surface area contributed by atoms with Crippen LogP contribution < -0.4 is 10.2 Å². The molecule has 0 radical (unpaired) electrons. The van der Waals surface area contributed by atoms with E-state index >= 15 is 0 Å². The van der Waals surface area contributed by atoms with Gasteiger partial charge in [-0.25, -0.2) is 4.98 Å². The number of benzene rings is 1. The summed E-state index contributed by atoms with van der Waals surface area (Å²) in [6.45, 7) is 7.61. The number of nitrogens with one attached hydrogen (secondary N) is 1. The molecule has 0 saturated carbocycles. The first-order valence-electron chi connectivity index (χ1n) is 11.0. The van der Waals surface area contributed by atoms with Gasteiger partial charge in [0.15, 0.2) is 0 Å². The lowest BCUT2D eigenvalue weighted by atomic mass is 10.0. The lowest BCUT2D eigenvalue weighted by Gasteiger charge is -2.36. The molecule has 1 aliphatic heterocycles. The van der Waals surface area contributed by atoms with E-state index in [1.807, 2.05) is 35.2 Å². The molecule has 1 fully saturated rings. The van der Waals surface area contributed by atoms with E-state index in [2.05, 4.69) is 29.0 Å². The van der Waals surface area contributed by atoms with Crippen LogP contribution in [0, 0.1) is 5.92 Å². The minimum Gasteiger partial charge on any atom is -0.353 e. The van der Waals surface area contributed by atoms with Crippen molar-refractivity contribution in [1.82, 2.24) is 15.2 Å². The Morgan fingerprint density at radius 1 is 1.10 bits per heavy atom. The number of carbonyl (C=O) groups is 2. The van der Waals surface area contributed by atoms with Gasteiger partial charge in [0.2, 0.25) is 5.91 Å². The third kappa shape index (κ3) is 6.20. The van der Waals surface area contributed by atoms with Crippen molar-refractivity contribution >= 4 is 29.2 Å². The van der Waals surface area contributed by atoms with Gasteiger partial charge in [-0.2, -0.15) is 0 Å². The quantitative estimate of drug-likeness (QED) is 0.675. The molecule has 2 heterocycles. The Hall–Kier alpha value is -2.60. The number of anilines is 1. The maximum Gasteiger partial charge on any atom is 0.252 e. The first kappa shape index (κ1) is 23.1. The average Bonchev–Trinajstić information content (AvgIpc) is 2.80. The first-order chi connectivity index (χ1) is 15.0. The highest BCUT2D eigenvalue weighted by Crippen LogP contribution is 2.18.